The molecule has 0 amide bonds. The molecule has 0 fully saturated rings. The van der Waals surface area contributed by atoms with E-state index >= 15 is 0 Å². The van der Waals surface area contributed by atoms with Crippen molar-refractivity contribution in [2.45, 2.75) is 12.2 Å². The van der Waals surface area contributed by atoms with Gasteiger partial charge in [-0.05, 0) is 53.6 Å². The van der Waals surface area contributed by atoms with E-state index < -0.39 is 9.84 Å². The minimum absolute atomic E-state index is 0.167. The van der Waals surface area contributed by atoms with Crippen molar-refractivity contribution in [3.05, 3.63) is 92.3 Å². The Morgan fingerprint density at radius 3 is 1.82 bits per heavy atom. The Morgan fingerprint density at radius 1 is 0.758 bits per heavy atom. The molecule has 0 radical (unpaired) electrons. The van der Waals surface area contributed by atoms with E-state index in [1.807, 2.05) is 0 Å². The maximum absolute atomic E-state index is 13.5. The lowest BCUT2D eigenvalue weighted by Gasteiger charge is -2.16. The summed E-state index contributed by atoms with van der Waals surface area (Å²) in [5.74, 6) is 1.08. The average Bonchev–Trinajstić information content (AvgIpc) is 2.80. The van der Waals surface area contributed by atoms with E-state index in [0.717, 1.165) is 5.56 Å². The summed E-state index contributed by atoms with van der Waals surface area (Å²) in [6.07, 6.45) is 1.80. The topological polar surface area (TPSA) is 61.8 Å². The quantitative estimate of drug-likeness (QED) is 0.344. The fourth-order valence-electron chi connectivity index (χ4n) is 3.36. The van der Waals surface area contributed by atoms with Crippen molar-refractivity contribution in [1.29, 1.82) is 0 Å². The fourth-order valence-corrected chi connectivity index (χ4v) is 5.12. The van der Waals surface area contributed by atoms with Crippen molar-refractivity contribution >= 4 is 39.1 Å². The molecular formula is C25H24Cl2O5S. The summed E-state index contributed by atoms with van der Waals surface area (Å²) in [6.45, 7) is 0. The van der Waals surface area contributed by atoms with Crippen LogP contribution in [0.15, 0.2) is 65.6 Å². The van der Waals surface area contributed by atoms with Gasteiger partial charge in [-0.3, -0.25) is 0 Å². The molecule has 0 aliphatic carbocycles. The summed E-state index contributed by atoms with van der Waals surface area (Å²) in [7, 11) is 0.821. The Morgan fingerprint density at radius 2 is 1.30 bits per heavy atom. The van der Waals surface area contributed by atoms with E-state index in [1.165, 1.54) is 21.3 Å². The summed E-state index contributed by atoms with van der Waals surface area (Å²) >= 11 is 12.0. The number of methoxy groups -OCH3 is 3. The minimum Gasteiger partial charge on any atom is -0.493 e. The predicted octanol–water partition coefficient (Wildman–Crippen LogP) is 6.22. The van der Waals surface area contributed by atoms with Crippen LogP contribution in [0.5, 0.6) is 17.2 Å². The molecule has 0 spiro atoms. The predicted molar refractivity (Wildman–Crippen MR) is 133 cm³/mol. The summed E-state index contributed by atoms with van der Waals surface area (Å²) in [6, 6.07) is 17.3. The number of ether oxygens (including phenoxy) is 3. The summed E-state index contributed by atoms with van der Waals surface area (Å²) in [4.78, 5) is 0.227. The van der Waals surface area contributed by atoms with Crippen LogP contribution in [0.1, 0.15) is 16.7 Å². The molecule has 174 valence electrons. The monoisotopic (exact) mass is 506 g/mol. The molecule has 0 atom stereocenters. The summed E-state index contributed by atoms with van der Waals surface area (Å²) in [5, 5.41) is 1.12. The first-order valence-corrected chi connectivity index (χ1v) is 12.4. The zero-order chi connectivity index (χ0) is 24.0. The maximum atomic E-state index is 13.5. The Hall–Kier alpha value is -2.67. The van der Waals surface area contributed by atoms with Gasteiger partial charge in [-0.2, -0.15) is 0 Å². The second kappa shape index (κ2) is 11.0. The van der Waals surface area contributed by atoms with Gasteiger partial charge in [0.25, 0.3) is 0 Å². The summed E-state index contributed by atoms with van der Waals surface area (Å²) < 4.78 is 43.4. The van der Waals surface area contributed by atoms with Crippen LogP contribution in [0.2, 0.25) is 10.0 Å². The van der Waals surface area contributed by atoms with Crippen LogP contribution in [-0.4, -0.2) is 29.7 Å². The summed E-state index contributed by atoms with van der Waals surface area (Å²) in [5.41, 5.74) is 2.00. The second-order valence-corrected chi connectivity index (χ2v) is 10.1. The molecule has 3 aromatic carbocycles. The van der Waals surface area contributed by atoms with Gasteiger partial charge in [-0.15, -0.1) is 0 Å². The molecule has 0 aromatic heterocycles. The lowest BCUT2D eigenvalue weighted by molar-refractivity contribution is 0.324. The molecule has 3 aromatic rings. The third kappa shape index (κ3) is 6.22. The zero-order valence-electron chi connectivity index (χ0n) is 18.5. The molecule has 0 bridgehead atoms. The lowest BCUT2D eigenvalue weighted by atomic mass is 10.1. The zero-order valence-corrected chi connectivity index (χ0v) is 20.8. The van der Waals surface area contributed by atoms with Gasteiger partial charge in [-0.1, -0.05) is 47.5 Å². The molecule has 0 aliphatic heterocycles. The molecule has 0 unspecified atom stereocenters. The SMILES string of the molecule is COc1ccc(C=C(Cc2ccc(Cl)cc2)S(=O)(=O)Cc2ccc(Cl)cc2)c(OC)c1OC. The highest BCUT2D eigenvalue weighted by Gasteiger charge is 2.22. The van der Waals surface area contributed by atoms with Crippen LogP contribution in [-0.2, 0) is 22.0 Å². The van der Waals surface area contributed by atoms with Crippen molar-refractivity contribution in [1.82, 2.24) is 0 Å². The van der Waals surface area contributed by atoms with Crippen LogP contribution in [0, 0.1) is 0 Å². The van der Waals surface area contributed by atoms with E-state index in [9.17, 15) is 8.42 Å². The highest BCUT2D eigenvalue weighted by Crippen LogP contribution is 2.41. The van der Waals surface area contributed by atoms with Gasteiger partial charge in [0.1, 0.15) is 0 Å². The second-order valence-electron chi connectivity index (χ2n) is 7.22. The molecular weight excluding hydrogens is 483 g/mol. The number of allylic oxidation sites excluding steroid dienone is 1. The Labute approximate surface area is 204 Å². The molecule has 5 nitrogen and oxygen atoms in total. The molecule has 0 N–H and O–H groups in total. The van der Waals surface area contributed by atoms with Crippen molar-refractivity contribution in [3.63, 3.8) is 0 Å². The Bertz CT molecular complexity index is 1240. The normalized spacial score (nSPS) is 11.8. The molecule has 3 rings (SSSR count). The Kier molecular flexibility index (Phi) is 8.30. The van der Waals surface area contributed by atoms with E-state index in [2.05, 4.69) is 0 Å². The number of hydrogen-bond donors (Lipinski definition) is 0. The number of halogens is 2. The molecule has 0 saturated carbocycles. The van der Waals surface area contributed by atoms with E-state index in [-0.39, 0.29) is 17.1 Å². The molecule has 0 saturated heterocycles. The number of sulfone groups is 1. The standard InChI is InChI=1S/C25H24Cl2O5S/c1-30-23-13-8-19(24(31-2)25(23)32-3)15-22(14-17-4-9-20(26)10-5-17)33(28,29)16-18-6-11-21(27)12-7-18/h4-13,15H,14,16H2,1-3H3. The smallest absolute Gasteiger partial charge is 0.203 e. The third-order valence-corrected chi connectivity index (χ3v) is 7.29. The van der Waals surface area contributed by atoms with Crippen LogP contribution in [0.4, 0.5) is 0 Å². The van der Waals surface area contributed by atoms with Crippen molar-refractivity contribution in [2.24, 2.45) is 0 Å². The van der Waals surface area contributed by atoms with E-state index in [0.29, 0.717) is 38.4 Å². The first-order valence-electron chi connectivity index (χ1n) is 9.98. The van der Waals surface area contributed by atoms with Crippen LogP contribution in [0.25, 0.3) is 6.08 Å². The van der Waals surface area contributed by atoms with Gasteiger partial charge in [0.05, 0.1) is 27.1 Å². The molecule has 8 heteroatoms. The van der Waals surface area contributed by atoms with Gasteiger partial charge in [-0.25, -0.2) is 8.42 Å². The van der Waals surface area contributed by atoms with E-state index in [1.54, 1.807) is 66.7 Å². The lowest BCUT2D eigenvalue weighted by Crippen LogP contribution is -2.10. The van der Waals surface area contributed by atoms with Gasteiger partial charge in [0.15, 0.2) is 21.3 Å². The van der Waals surface area contributed by atoms with Crippen LogP contribution in [0.3, 0.4) is 0 Å². The average molecular weight is 507 g/mol. The van der Waals surface area contributed by atoms with E-state index in [4.69, 9.17) is 37.4 Å². The first-order chi connectivity index (χ1) is 15.8. The molecule has 0 aliphatic rings. The van der Waals surface area contributed by atoms with Gasteiger partial charge < -0.3 is 14.2 Å². The Balaban J connectivity index is 2.11. The number of hydrogen-bond acceptors (Lipinski definition) is 5. The maximum Gasteiger partial charge on any atom is 0.203 e. The molecule has 33 heavy (non-hydrogen) atoms. The van der Waals surface area contributed by atoms with Crippen LogP contribution < -0.4 is 14.2 Å². The van der Waals surface area contributed by atoms with Crippen molar-refractivity contribution < 1.29 is 22.6 Å². The number of rotatable bonds is 9. The third-order valence-electron chi connectivity index (χ3n) is 5.01. The van der Waals surface area contributed by atoms with Crippen molar-refractivity contribution in [3.8, 4) is 17.2 Å². The fraction of sp³-hybridized carbons (Fsp3) is 0.200. The van der Waals surface area contributed by atoms with Gasteiger partial charge >= 0.3 is 0 Å². The van der Waals surface area contributed by atoms with Gasteiger partial charge in [0.2, 0.25) is 5.75 Å². The number of benzene rings is 3. The highest BCUT2D eigenvalue weighted by molar-refractivity contribution is 7.94. The van der Waals surface area contributed by atoms with Gasteiger partial charge in [0, 0.05) is 26.9 Å². The van der Waals surface area contributed by atoms with Crippen LogP contribution >= 0.6 is 23.2 Å². The highest BCUT2D eigenvalue weighted by atomic mass is 35.5. The first kappa shape index (κ1) is 25.0. The minimum atomic E-state index is -3.70. The molecule has 0 heterocycles. The van der Waals surface area contributed by atoms with Crippen molar-refractivity contribution in [2.75, 3.05) is 21.3 Å². The largest absolute Gasteiger partial charge is 0.493 e.